The van der Waals surface area contributed by atoms with Crippen molar-refractivity contribution in [1.29, 1.82) is 0 Å². The van der Waals surface area contributed by atoms with E-state index in [0.717, 1.165) is 0 Å². The number of esters is 2. The lowest BCUT2D eigenvalue weighted by molar-refractivity contribution is -0.141. The minimum atomic E-state index is -0.268. The Labute approximate surface area is 114 Å². The fraction of sp³-hybridized carbons (Fsp3) is 0.750. The van der Waals surface area contributed by atoms with Gasteiger partial charge in [-0.15, -0.1) is 0 Å². The van der Waals surface area contributed by atoms with Gasteiger partial charge in [0, 0.05) is 11.5 Å². The van der Waals surface area contributed by atoms with Gasteiger partial charge >= 0.3 is 11.9 Å². The highest BCUT2D eigenvalue weighted by molar-refractivity contribution is 8.76. The molecule has 0 aromatic rings. The minimum absolute atomic E-state index is 0.251. The van der Waals surface area contributed by atoms with Crippen molar-refractivity contribution in [2.75, 3.05) is 23.4 Å². The second-order valence-electron chi connectivity index (χ2n) is 2.45. The van der Waals surface area contributed by atoms with Gasteiger partial charge in [0.1, 0.15) is 11.9 Å². The Bertz CT molecular complexity index is 190. The zero-order chi connectivity index (χ0) is 12.2. The molecule has 0 heterocycles. The summed E-state index contributed by atoms with van der Waals surface area (Å²) in [5.74, 6) is 0.934. The molecule has 0 aliphatic carbocycles. The van der Waals surface area contributed by atoms with Crippen LogP contribution < -0.4 is 0 Å². The second-order valence-corrected chi connectivity index (χ2v) is 5.70. The summed E-state index contributed by atoms with van der Waals surface area (Å²) in [5, 5.41) is 0. The van der Waals surface area contributed by atoms with E-state index >= 15 is 0 Å². The van der Waals surface area contributed by atoms with Crippen molar-refractivity contribution in [2.24, 2.45) is 0 Å². The van der Waals surface area contributed by atoms with Crippen LogP contribution in [0.5, 0.6) is 0 Å². The Hall–Kier alpha value is 0.340. The molecule has 8 heteroatoms. The summed E-state index contributed by atoms with van der Waals surface area (Å²) in [7, 11) is 2.64. The molecule has 0 saturated carbocycles. The highest BCUT2D eigenvalue weighted by atomic mass is 33.1. The van der Waals surface area contributed by atoms with E-state index in [0.29, 0.717) is 24.3 Å². The Kier molecular flexibility index (Phi) is 12.1. The average molecular weight is 302 g/mol. The van der Waals surface area contributed by atoms with E-state index < -0.39 is 0 Å². The van der Waals surface area contributed by atoms with Crippen molar-refractivity contribution in [3.63, 3.8) is 0 Å². The lowest BCUT2D eigenvalue weighted by Gasteiger charge is -2.04. The molecule has 0 fully saturated rings. The minimum Gasteiger partial charge on any atom is -0.454 e. The average Bonchev–Trinajstić information content (AvgIpc) is 2.24. The molecule has 0 N–H and O–H groups in total. The van der Waals surface area contributed by atoms with Gasteiger partial charge in [-0.1, -0.05) is 0 Å². The first-order valence-electron chi connectivity index (χ1n) is 4.48. The molecule has 0 radical (unpaired) electrons. The highest BCUT2D eigenvalue weighted by Crippen LogP contribution is 2.21. The van der Waals surface area contributed by atoms with Crippen LogP contribution in [0.2, 0.25) is 0 Å². The van der Waals surface area contributed by atoms with Crippen LogP contribution in [0.15, 0.2) is 0 Å². The summed E-state index contributed by atoms with van der Waals surface area (Å²) in [6, 6.07) is 0. The van der Waals surface area contributed by atoms with E-state index in [4.69, 9.17) is 9.47 Å². The van der Waals surface area contributed by atoms with Gasteiger partial charge in [-0.05, 0) is 21.6 Å². The molecule has 0 spiro atoms. The van der Waals surface area contributed by atoms with Crippen LogP contribution in [0.1, 0.15) is 12.8 Å². The van der Waals surface area contributed by atoms with Crippen molar-refractivity contribution in [3.8, 4) is 0 Å². The third-order valence-electron chi connectivity index (χ3n) is 1.25. The van der Waals surface area contributed by atoms with Gasteiger partial charge in [-0.3, -0.25) is 9.59 Å². The predicted molar refractivity (Wildman–Crippen MR) is 74.0 cm³/mol. The highest BCUT2D eigenvalue weighted by Gasteiger charge is 2.02. The van der Waals surface area contributed by atoms with Crippen LogP contribution in [0.25, 0.3) is 0 Å². The summed E-state index contributed by atoms with van der Waals surface area (Å²) in [6.07, 6.45) is 0.622. The second kappa shape index (κ2) is 11.8. The molecule has 16 heavy (non-hydrogen) atoms. The van der Waals surface area contributed by atoms with E-state index in [1.807, 2.05) is 0 Å². The van der Waals surface area contributed by atoms with Gasteiger partial charge in [0.2, 0.25) is 0 Å². The van der Waals surface area contributed by atoms with Gasteiger partial charge in [0.25, 0.3) is 0 Å². The summed E-state index contributed by atoms with van der Waals surface area (Å²) in [5.41, 5.74) is 0. The summed E-state index contributed by atoms with van der Waals surface area (Å²) < 4.78 is 9.68. The largest absolute Gasteiger partial charge is 0.454 e. The number of ether oxygens (including phenoxy) is 2. The van der Waals surface area contributed by atoms with Gasteiger partial charge in [-0.2, -0.15) is 25.3 Å². The summed E-state index contributed by atoms with van der Waals surface area (Å²) in [4.78, 5) is 21.8. The third-order valence-corrected chi connectivity index (χ3v) is 3.37. The summed E-state index contributed by atoms with van der Waals surface area (Å²) in [6.45, 7) is 0. The first-order chi connectivity index (χ1) is 7.70. The summed E-state index contributed by atoms with van der Waals surface area (Å²) >= 11 is 7.81. The molecule has 0 aliphatic rings. The van der Waals surface area contributed by atoms with E-state index in [9.17, 15) is 9.59 Å². The van der Waals surface area contributed by atoms with Crippen molar-refractivity contribution in [3.05, 3.63) is 0 Å². The van der Waals surface area contributed by atoms with Crippen LogP contribution in [0.3, 0.4) is 0 Å². The zero-order valence-electron chi connectivity index (χ0n) is 8.59. The Balaban J connectivity index is 3.21. The number of hydrogen-bond donors (Lipinski definition) is 2. The first kappa shape index (κ1) is 16.3. The number of rotatable bonds is 9. The quantitative estimate of drug-likeness (QED) is 0.223. The van der Waals surface area contributed by atoms with E-state index in [1.165, 1.54) is 21.6 Å². The molecule has 0 unspecified atom stereocenters. The Morgan fingerprint density at radius 1 is 0.875 bits per heavy atom. The molecule has 0 aliphatic heterocycles. The smallest absolute Gasteiger partial charge is 0.307 e. The lowest BCUT2D eigenvalue weighted by atomic mass is 10.5. The fourth-order valence-corrected chi connectivity index (χ4v) is 2.13. The van der Waals surface area contributed by atoms with Gasteiger partial charge < -0.3 is 9.47 Å². The van der Waals surface area contributed by atoms with Crippen LogP contribution in [-0.2, 0) is 19.1 Å². The van der Waals surface area contributed by atoms with Crippen molar-refractivity contribution < 1.29 is 19.1 Å². The maximum Gasteiger partial charge on any atom is 0.307 e. The Morgan fingerprint density at radius 2 is 1.25 bits per heavy atom. The molecule has 0 saturated heterocycles. The van der Waals surface area contributed by atoms with Gasteiger partial charge in [0.15, 0.2) is 0 Å². The molecule has 0 bridgehead atoms. The Morgan fingerprint density at radius 3 is 1.56 bits per heavy atom. The number of hydrogen-bond acceptors (Lipinski definition) is 8. The number of thiol groups is 2. The third kappa shape index (κ3) is 10.8. The van der Waals surface area contributed by atoms with Crippen LogP contribution in [-0.4, -0.2) is 35.3 Å². The van der Waals surface area contributed by atoms with E-state index in [1.54, 1.807) is 0 Å². The topological polar surface area (TPSA) is 52.6 Å². The van der Waals surface area contributed by atoms with Crippen molar-refractivity contribution in [1.82, 2.24) is 0 Å². The normalized spacial score (nSPS) is 9.88. The zero-order valence-corrected chi connectivity index (χ0v) is 12.0. The number of carbonyl (C=O) groups is 2. The van der Waals surface area contributed by atoms with Crippen molar-refractivity contribution >= 4 is 58.8 Å². The molecule has 0 aromatic carbocycles. The maximum atomic E-state index is 10.9. The van der Waals surface area contributed by atoms with Crippen LogP contribution >= 0.6 is 46.8 Å². The van der Waals surface area contributed by atoms with Crippen LogP contribution in [0.4, 0.5) is 0 Å². The maximum absolute atomic E-state index is 10.9. The van der Waals surface area contributed by atoms with E-state index in [2.05, 4.69) is 25.3 Å². The molecular weight excluding hydrogens is 288 g/mol. The van der Waals surface area contributed by atoms with E-state index in [-0.39, 0.29) is 23.8 Å². The fourth-order valence-electron chi connectivity index (χ4n) is 0.575. The van der Waals surface area contributed by atoms with Crippen molar-refractivity contribution in [2.45, 2.75) is 12.8 Å². The monoisotopic (exact) mass is 302 g/mol. The molecule has 4 nitrogen and oxygen atoms in total. The molecule has 0 atom stereocenters. The molecule has 0 amide bonds. The standard InChI is InChI=1S/C8H14O4S4/c9-7(1-3-13)11-5-15-16-6-12-8(10)2-4-14/h13-14H,1-6H2. The predicted octanol–water partition coefficient (Wildman–Crippen LogP) is 2.01. The molecule has 0 aromatic heterocycles. The molecule has 94 valence electrons. The number of carbonyl (C=O) groups excluding carboxylic acids is 2. The van der Waals surface area contributed by atoms with Gasteiger partial charge in [0.05, 0.1) is 12.8 Å². The van der Waals surface area contributed by atoms with Gasteiger partial charge in [-0.25, -0.2) is 0 Å². The first-order valence-corrected chi connectivity index (χ1v) is 8.23. The lowest BCUT2D eigenvalue weighted by Crippen LogP contribution is -2.05. The van der Waals surface area contributed by atoms with Crippen LogP contribution in [0, 0.1) is 0 Å². The SMILES string of the molecule is O=C(CCS)OCSSCOC(=O)CCS. The molecule has 0 rings (SSSR count). The molecular formula is C8H14O4S4.